The number of hydrogen-bond donors (Lipinski definition) is 2. The number of rotatable bonds is 7. The van der Waals surface area contributed by atoms with Gasteiger partial charge in [0.15, 0.2) is 0 Å². The van der Waals surface area contributed by atoms with E-state index in [2.05, 4.69) is 5.32 Å². The van der Waals surface area contributed by atoms with Crippen molar-refractivity contribution >= 4 is 5.91 Å². The molecule has 0 saturated heterocycles. The fourth-order valence-corrected chi connectivity index (χ4v) is 3.09. The fourth-order valence-electron chi connectivity index (χ4n) is 3.09. The van der Waals surface area contributed by atoms with Gasteiger partial charge < -0.3 is 10.4 Å². The van der Waals surface area contributed by atoms with E-state index in [1.165, 1.54) is 25.7 Å². The average Bonchev–Trinajstić information content (AvgIpc) is 2.99. The van der Waals surface area contributed by atoms with Crippen LogP contribution in [0, 0.1) is 5.92 Å². The van der Waals surface area contributed by atoms with Crippen LogP contribution in [0.15, 0.2) is 30.3 Å². The fraction of sp³-hybridized carbons (Fsp3) is 0.611. The highest BCUT2D eigenvalue weighted by Gasteiger charge is 2.19. The molecule has 1 fully saturated rings. The van der Waals surface area contributed by atoms with E-state index >= 15 is 0 Å². The first-order valence-electron chi connectivity index (χ1n) is 8.16. The smallest absolute Gasteiger partial charge is 0.220 e. The van der Waals surface area contributed by atoms with Gasteiger partial charge in [0.05, 0.1) is 12.1 Å². The van der Waals surface area contributed by atoms with E-state index in [4.69, 9.17) is 0 Å². The Kier molecular flexibility index (Phi) is 6.24. The summed E-state index contributed by atoms with van der Waals surface area (Å²) in [7, 11) is 0. The molecule has 0 spiro atoms. The lowest BCUT2D eigenvalue weighted by molar-refractivity contribution is -0.122. The molecule has 3 nitrogen and oxygen atoms in total. The van der Waals surface area contributed by atoms with E-state index in [0.29, 0.717) is 12.8 Å². The molecule has 21 heavy (non-hydrogen) atoms. The Morgan fingerprint density at radius 1 is 1.29 bits per heavy atom. The number of aliphatic hydroxyl groups excluding tert-OH is 1. The van der Waals surface area contributed by atoms with Crippen LogP contribution in [0.3, 0.4) is 0 Å². The summed E-state index contributed by atoms with van der Waals surface area (Å²) in [4.78, 5) is 11.9. The van der Waals surface area contributed by atoms with Gasteiger partial charge >= 0.3 is 0 Å². The Labute approximate surface area is 127 Å². The molecular formula is C18H27NO2. The second-order valence-corrected chi connectivity index (χ2v) is 6.30. The molecule has 1 saturated carbocycles. The van der Waals surface area contributed by atoms with E-state index in [0.717, 1.165) is 17.9 Å². The van der Waals surface area contributed by atoms with Crippen LogP contribution in [0.1, 0.15) is 51.0 Å². The highest BCUT2D eigenvalue weighted by Crippen LogP contribution is 2.28. The summed E-state index contributed by atoms with van der Waals surface area (Å²) >= 11 is 0. The lowest BCUT2D eigenvalue weighted by Gasteiger charge is -2.21. The van der Waals surface area contributed by atoms with Crippen molar-refractivity contribution in [3.8, 4) is 0 Å². The number of carbonyl (C=O) groups is 1. The van der Waals surface area contributed by atoms with Crippen LogP contribution in [-0.4, -0.2) is 23.2 Å². The number of amides is 1. The summed E-state index contributed by atoms with van der Waals surface area (Å²) in [5.41, 5.74) is 1.09. The maximum absolute atomic E-state index is 11.9. The van der Waals surface area contributed by atoms with Gasteiger partial charge in [0, 0.05) is 12.8 Å². The molecule has 0 bridgehead atoms. The first kappa shape index (κ1) is 16.0. The van der Waals surface area contributed by atoms with E-state index in [1.807, 2.05) is 37.3 Å². The molecule has 2 N–H and O–H groups in total. The highest BCUT2D eigenvalue weighted by atomic mass is 16.3. The summed E-state index contributed by atoms with van der Waals surface area (Å²) in [5.74, 6) is 0.807. The molecule has 0 aromatic heterocycles. The lowest BCUT2D eigenvalue weighted by Crippen LogP contribution is -2.42. The van der Waals surface area contributed by atoms with E-state index in [1.54, 1.807) is 0 Å². The Morgan fingerprint density at radius 2 is 1.95 bits per heavy atom. The third kappa shape index (κ3) is 5.50. The minimum absolute atomic E-state index is 0.0708. The maximum Gasteiger partial charge on any atom is 0.220 e. The van der Waals surface area contributed by atoms with Crippen molar-refractivity contribution in [2.75, 3.05) is 0 Å². The molecule has 1 aliphatic rings. The summed E-state index contributed by atoms with van der Waals surface area (Å²) in [6.45, 7) is 1.88. The third-order valence-corrected chi connectivity index (χ3v) is 4.51. The summed E-state index contributed by atoms with van der Waals surface area (Å²) < 4.78 is 0. The average molecular weight is 289 g/mol. The molecule has 1 amide bonds. The zero-order valence-corrected chi connectivity index (χ0v) is 12.9. The van der Waals surface area contributed by atoms with Crippen LogP contribution in [0.5, 0.6) is 0 Å². The molecule has 2 rings (SSSR count). The Bertz CT molecular complexity index is 426. The number of benzene rings is 1. The number of aliphatic hydroxyl groups is 1. The maximum atomic E-state index is 11.9. The molecule has 3 heteroatoms. The predicted molar refractivity (Wildman–Crippen MR) is 84.9 cm³/mol. The van der Waals surface area contributed by atoms with Crippen molar-refractivity contribution in [3.63, 3.8) is 0 Å². The molecule has 2 atom stereocenters. The van der Waals surface area contributed by atoms with Gasteiger partial charge in [-0.1, -0.05) is 56.0 Å². The number of hydrogen-bond acceptors (Lipinski definition) is 2. The Morgan fingerprint density at radius 3 is 2.62 bits per heavy atom. The number of carbonyl (C=O) groups excluding carboxylic acids is 1. The summed E-state index contributed by atoms with van der Waals surface area (Å²) in [5, 5.41) is 13.1. The van der Waals surface area contributed by atoms with Crippen molar-refractivity contribution in [1.82, 2.24) is 5.32 Å². The van der Waals surface area contributed by atoms with Crippen LogP contribution in [0.25, 0.3) is 0 Å². The van der Waals surface area contributed by atoms with Crippen LogP contribution in [-0.2, 0) is 11.2 Å². The third-order valence-electron chi connectivity index (χ3n) is 4.51. The standard InChI is InChI=1S/C18H27NO2/c1-14(17(20)13-16-9-3-2-4-10-16)19-18(21)12-11-15-7-5-6-8-15/h2-4,9-10,14-15,17,20H,5-8,11-13H2,1H3,(H,19,21). The molecule has 1 aliphatic carbocycles. The molecule has 1 aromatic rings. The van der Waals surface area contributed by atoms with Crippen molar-refractivity contribution in [3.05, 3.63) is 35.9 Å². The van der Waals surface area contributed by atoms with Gasteiger partial charge in [0.2, 0.25) is 5.91 Å². The van der Waals surface area contributed by atoms with Gasteiger partial charge in [0.1, 0.15) is 0 Å². The van der Waals surface area contributed by atoms with Crippen LogP contribution >= 0.6 is 0 Å². The van der Waals surface area contributed by atoms with Crippen LogP contribution in [0.2, 0.25) is 0 Å². The molecule has 0 radical (unpaired) electrons. The predicted octanol–water partition coefficient (Wildman–Crippen LogP) is 3.07. The molecule has 0 aliphatic heterocycles. The SMILES string of the molecule is CC(NC(=O)CCC1CCCC1)C(O)Cc1ccccc1. The monoisotopic (exact) mass is 289 g/mol. The first-order chi connectivity index (χ1) is 10.1. The Hall–Kier alpha value is -1.35. The number of nitrogens with one attached hydrogen (secondary N) is 1. The Balaban J connectivity index is 1.69. The second kappa shape index (κ2) is 8.18. The highest BCUT2D eigenvalue weighted by molar-refractivity contribution is 5.76. The van der Waals surface area contributed by atoms with Gasteiger partial charge in [-0.2, -0.15) is 0 Å². The van der Waals surface area contributed by atoms with E-state index in [-0.39, 0.29) is 11.9 Å². The molecule has 0 heterocycles. The minimum atomic E-state index is -0.539. The summed E-state index contributed by atoms with van der Waals surface area (Å²) in [6, 6.07) is 9.68. The quantitative estimate of drug-likeness (QED) is 0.810. The largest absolute Gasteiger partial charge is 0.391 e. The molecular weight excluding hydrogens is 262 g/mol. The van der Waals surface area contributed by atoms with Crippen molar-refractivity contribution in [2.24, 2.45) is 5.92 Å². The topological polar surface area (TPSA) is 49.3 Å². The van der Waals surface area contributed by atoms with Crippen molar-refractivity contribution in [1.29, 1.82) is 0 Å². The van der Waals surface area contributed by atoms with Gasteiger partial charge in [-0.25, -0.2) is 0 Å². The normalized spacial score (nSPS) is 18.4. The van der Waals surface area contributed by atoms with Crippen LogP contribution in [0.4, 0.5) is 0 Å². The minimum Gasteiger partial charge on any atom is -0.391 e. The second-order valence-electron chi connectivity index (χ2n) is 6.30. The van der Waals surface area contributed by atoms with E-state index < -0.39 is 6.10 Å². The lowest BCUT2D eigenvalue weighted by atomic mass is 10.0. The van der Waals surface area contributed by atoms with Crippen molar-refractivity contribution < 1.29 is 9.90 Å². The molecule has 116 valence electrons. The van der Waals surface area contributed by atoms with Crippen molar-refractivity contribution in [2.45, 2.75) is 64.0 Å². The first-order valence-corrected chi connectivity index (χ1v) is 8.16. The van der Waals surface area contributed by atoms with E-state index in [9.17, 15) is 9.90 Å². The summed E-state index contributed by atoms with van der Waals surface area (Å²) in [6.07, 6.45) is 6.81. The zero-order chi connectivity index (χ0) is 15.1. The van der Waals surface area contributed by atoms with Gasteiger partial charge in [-0.15, -0.1) is 0 Å². The zero-order valence-electron chi connectivity index (χ0n) is 12.9. The van der Waals surface area contributed by atoms with Gasteiger partial charge in [-0.05, 0) is 24.8 Å². The molecule has 2 unspecified atom stereocenters. The van der Waals surface area contributed by atoms with Gasteiger partial charge in [0.25, 0.3) is 0 Å². The van der Waals surface area contributed by atoms with Gasteiger partial charge in [-0.3, -0.25) is 4.79 Å². The van der Waals surface area contributed by atoms with Crippen LogP contribution < -0.4 is 5.32 Å². The molecule has 1 aromatic carbocycles.